The molecule has 2 amide bonds. The molecule has 1 spiro atoms. The summed E-state index contributed by atoms with van der Waals surface area (Å²) in [6, 6.07) is 11.5. The van der Waals surface area contributed by atoms with Crippen molar-refractivity contribution in [3.8, 4) is 0 Å². The second-order valence-electron chi connectivity index (χ2n) is 8.58. The average molecular weight is 428 g/mol. The molecule has 3 aliphatic heterocycles. The van der Waals surface area contributed by atoms with Gasteiger partial charge in [0.2, 0.25) is 0 Å². The molecule has 0 bridgehead atoms. The summed E-state index contributed by atoms with van der Waals surface area (Å²) < 4.78 is 33.3. The molecule has 31 heavy (non-hydrogen) atoms. The normalized spacial score (nSPS) is 21.4. The summed E-state index contributed by atoms with van der Waals surface area (Å²) in [7, 11) is 0. The van der Waals surface area contributed by atoms with Crippen molar-refractivity contribution in [2.45, 2.75) is 30.8 Å². The maximum atomic E-state index is 14.4. The fraction of sp³-hybridized carbons (Fsp3) is 0.435. The van der Waals surface area contributed by atoms with Crippen LogP contribution in [0.5, 0.6) is 0 Å². The highest BCUT2D eigenvalue weighted by atomic mass is 19.1. The Balaban J connectivity index is 1.42. The van der Waals surface area contributed by atoms with Crippen molar-refractivity contribution in [2.24, 2.45) is 0 Å². The first-order chi connectivity index (χ1) is 15.1. The average Bonchev–Trinajstić information content (AvgIpc) is 3.40. The van der Waals surface area contributed by atoms with Crippen LogP contribution < -0.4 is 15.8 Å². The molecule has 2 N–H and O–H groups in total. The lowest BCUT2D eigenvalue weighted by atomic mass is 9.88. The number of hydrogen-bond acceptors (Lipinski definition) is 4. The van der Waals surface area contributed by atoms with E-state index in [4.69, 9.17) is 4.74 Å². The van der Waals surface area contributed by atoms with Gasteiger partial charge in [-0.1, -0.05) is 18.2 Å². The van der Waals surface area contributed by atoms with Crippen LogP contribution in [0.3, 0.4) is 0 Å². The molecule has 164 valence electrons. The van der Waals surface area contributed by atoms with Crippen LogP contribution >= 0.6 is 0 Å². The Morgan fingerprint density at radius 1 is 1.03 bits per heavy atom. The minimum absolute atomic E-state index is 0.110. The van der Waals surface area contributed by atoms with Crippen LogP contribution in [0.25, 0.3) is 0 Å². The molecular formula is C23H26F2N4O2. The number of rotatable bonds is 4. The Morgan fingerprint density at radius 3 is 2.42 bits per heavy atom. The van der Waals surface area contributed by atoms with Crippen LogP contribution in [-0.2, 0) is 11.3 Å². The first-order valence-electron chi connectivity index (χ1n) is 10.7. The Kier molecular flexibility index (Phi) is 5.37. The highest BCUT2D eigenvalue weighted by Gasteiger charge is 2.50. The molecule has 3 heterocycles. The summed E-state index contributed by atoms with van der Waals surface area (Å²) in [5, 5.41) is 0. The van der Waals surface area contributed by atoms with Gasteiger partial charge in [-0.05, 0) is 36.6 Å². The lowest BCUT2D eigenvalue weighted by molar-refractivity contribution is 0.00585. The summed E-state index contributed by atoms with van der Waals surface area (Å²) in [5.41, 5.74) is 8.22. The number of hydrogen-bond donors (Lipinski definition) is 2. The highest BCUT2D eigenvalue weighted by Crippen LogP contribution is 2.39. The standard InChI is InChI=1S/C23H26F2N4O2/c24-19-4-1-17(21(25)11-19)14-29-22(30)28(15-23(29)7-9-31-10-8-23)20-5-2-16(3-6-20)18-12-26-27-13-18/h1-6,11,18,26-27H,7-10,12-15H2. The fourth-order valence-electron chi connectivity index (χ4n) is 4.86. The molecular weight excluding hydrogens is 402 g/mol. The maximum absolute atomic E-state index is 14.4. The van der Waals surface area contributed by atoms with E-state index in [0.717, 1.165) is 24.8 Å². The molecule has 0 atom stereocenters. The molecule has 6 nitrogen and oxygen atoms in total. The van der Waals surface area contributed by atoms with Crippen LogP contribution in [0.2, 0.25) is 0 Å². The van der Waals surface area contributed by atoms with Crippen LogP contribution in [0, 0.1) is 11.6 Å². The number of anilines is 1. The number of nitrogens with one attached hydrogen (secondary N) is 2. The number of benzene rings is 2. The summed E-state index contributed by atoms with van der Waals surface area (Å²) in [5.74, 6) is -0.844. The van der Waals surface area contributed by atoms with Crippen LogP contribution in [0.15, 0.2) is 42.5 Å². The van der Waals surface area contributed by atoms with E-state index in [1.165, 1.54) is 17.7 Å². The van der Waals surface area contributed by atoms with E-state index < -0.39 is 17.2 Å². The van der Waals surface area contributed by atoms with Crippen molar-refractivity contribution in [1.82, 2.24) is 15.8 Å². The number of nitrogens with zero attached hydrogens (tertiary/aromatic N) is 2. The van der Waals surface area contributed by atoms with Gasteiger partial charge < -0.3 is 9.64 Å². The number of halogens is 2. The third-order valence-electron chi connectivity index (χ3n) is 6.75. The largest absolute Gasteiger partial charge is 0.381 e. The third kappa shape index (κ3) is 3.79. The van der Waals surface area contributed by atoms with Crippen molar-refractivity contribution in [3.63, 3.8) is 0 Å². The van der Waals surface area contributed by atoms with Crippen molar-refractivity contribution < 1.29 is 18.3 Å². The molecule has 3 fully saturated rings. The second kappa shape index (κ2) is 8.18. The van der Waals surface area contributed by atoms with Gasteiger partial charge in [0.1, 0.15) is 11.6 Å². The zero-order valence-electron chi connectivity index (χ0n) is 17.2. The number of ether oxygens (including phenoxy) is 1. The second-order valence-corrected chi connectivity index (χ2v) is 8.58. The van der Waals surface area contributed by atoms with E-state index >= 15 is 0 Å². The van der Waals surface area contributed by atoms with Gasteiger partial charge in [-0.2, -0.15) is 0 Å². The molecule has 2 aromatic rings. The van der Waals surface area contributed by atoms with Crippen molar-refractivity contribution in [1.29, 1.82) is 0 Å². The van der Waals surface area contributed by atoms with Gasteiger partial charge in [0, 0.05) is 49.5 Å². The summed E-state index contributed by atoms with van der Waals surface area (Å²) in [6.07, 6.45) is 1.38. The minimum atomic E-state index is -0.628. The minimum Gasteiger partial charge on any atom is -0.381 e. The fourth-order valence-corrected chi connectivity index (χ4v) is 4.86. The number of carbonyl (C=O) groups is 1. The SMILES string of the molecule is O=C1N(c2ccc(C3CNNC3)cc2)CC2(CCOCC2)N1Cc1ccc(F)cc1F. The molecule has 0 radical (unpaired) electrons. The Hall–Kier alpha value is -2.55. The zero-order valence-corrected chi connectivity index (χ0v) is 17.2. The molecule has 8 heteroatoms. The van der Waals surface area contributed by atoms with Gasteiger partial charge in [0.15, 0.2) is 0 Å². The van der Waals surface area contributed by atoms with E-state index in [9.17, 15) is 13.6 Å². The lowest BCUT2D eigenvalue weighted by Crippen LogP contribution is -2.50. The Morgan fingerprint density at radius 2 is 1.74 bits per heavy atom. The number of urea groups is 1. The topological polar surface area (TPSA) is 56.8 Å². The first kappa shape index (κ1) is 20.4. The molecule has 3 saturated heterocycles. The van der Waals surface area contributed by atoms with Crippen LogP contribution in [0.4, 0.5) is 19.3 Å². The quantitative estimate of drug-likeness (QED) is 0.786. The molecule has 3 aliphatic rings. The van der Waals surface area contributed by atoms with Crippen LogP contribution in [-0.4, -0.2) is 49.3 Å². The maximum Gasteiger partial charge on any atom is 0.325 e. The predicted molar refractivity (Wildman–Crippen MR) is 113 cm³/mol. The van der Waals surface area contributed by atoms with Crippen molar-refractivity contribution in [2.75, 3.05) is 37.7 Å². The monoisotopic (exact) mass is 428 g/mol. The van der Waals surface area contributed by atoms with Gasteiger partial charge in [-0.3, -0.25) is 15.8 Å². The van der Waals surface area contributed by atoms with E-state index in [1.54, 1.807) is 9.80 Å². The van der Waals surface area contributed by atoms with E-state index in [0.29, 0.717) is 44.1 Å². The Bertz CT molecular complexity index is 957. The predicted octanol–water partition coefficient (Wildman–Crippen LogP) is 3.15. The lowest BCUT2D eigenvalue weighted by Gasteiger charge is -2.39. The van der Waals surface area contributed by atoms with Gasteiger partial charge in [0.05, 0.1) is 18.6 Å². The van der Waals surface area contributed by atoms with Crippen molar-refractivity contribution in [3.05, 3.63) is 65.2 Å². The highest BCUT2D eigenvalue weighted by molar-refractivity contribution is 5.95. The van der Waals surface area contributed by atoms with E-state index in [-0.39, 0.29) is 12.6 Å². The Labute approximate surface area is 180 Å². The van der Waals surface area contributed by atoms with Gasteiger partial charge in [-0.25, -0.2) is 13.6 Å². The van der Waals surface area contributed by atoms with Gasteiger partial charge in [-0.15, -0.1) is 0 Å². The molecule has 0 aromatic heterocycles. The molecule has 0 saturated carbocycles. The van der Waals surface area contributed by atoms with Gasteiger partial charge >= 0.3 is 6.03 Å². The third-order valence-corrected chi connectivity index (χ3v) is 6.75. The van der Waals surface area contributed by atoms with Gasteiger partial charge in [0.25, 0.3) is 0 Å². The summed E-state index contributed by atoms with van der Waals surface area (Å²) in [6.45, 7) is 3.52. The number of hydrazine groups is 1. The molecule has 0 unspecified atom stereocenters. The first-order valence-corrected chi connectivity index (χ1v) is 10.7. The van der Waals surface area contributed by atoms with E-state index in [1.807, 2.05) is 12.1 Å². The zero-order chi connectivity index (χ0) is 21.4. The smallest absolute Gasteiger partial charge is 0.325 e. The number of amides is 2. The van der Waals surface area contributed by atoms with Crippen LogP contribution in [0.1, 0.15) is 29.9 Å². The molecule has 2 aromatic carbocycles. The number of carbonyl (C=O) groups excluding carboxylic acids is 1. The molecule has 0 aliphatic carbocycles. The summed E-state index contributed by atoms with van der Waals surface area (Å²) in [4.78, 5) is 17.0. The van der Waals surface area contributed by atoms with E-state index in [2.05, 4.69) is 23.0 Å². The van der Waals surface area contributed by atoms with Crippen molar-refractivity contribution >= 4 is 11.7 Å². The molecule has 5 rings (SSSR count). The summed E-state index contributed by atoms with van der Waals surface area (Å²) >= 11 is 0.